The zero-order valence-corrected chi connectivity index (χ0v) is 15.7. The van der Waals surface area contributed by atoms with Crippen LogP contribution < -0.4 is 10.1 Å². The van der Waals surface area contributed by atoms with Crippen molar-refractivity contribution in [1.82, 2.24) is 10.2 Å². The lowest BCUT2D eigenvalue weighted by atomic mass is 10.1. The van der Waals surface area contributed by atoms with Gasteiger partial charge in [-0.05, 0) is 45.6 Å². The average molecular weight is 405 g/mol. The fraction of sp³-hybridized carbons (Fsp3) is 0.368. The van der Waals surface area contributed by atoms with Gasteiger partial charge in [0.05, 0.1) is 4.47 Å². The molecule has 5 nitrogen and oxygen atoms in total. The Balaban J connectivity index is 1.56. The van der Waals surface area contributed by atoms with E-state index < -0.39 is 0 Å². The minimum Gasteiger partial charge on any atom is -0.483 e. The van der Waals surface area contributed by atoms with Gasteiger partial charge in [-0.2, -0.15) is 0 Å². The second-order valence-corrected chi connectivity index (χ2v) is 7.04. The first kappa shape index (κ1) is 17.7. The van der Waals surface area contributed by atoms with Crippen LogP contribution in [-0.2, 0) is 9.59 Å². The first-order valence-corrected chi connectivity index (χ1v) is 9.19. The number of nitrogens with zero attached hydrogens (tertiary/aromatic N) is 1. The summed E-state index contributed by atoms with van der Waals surface area (Å²) >= 11 is 3.57. The maximum absolute atomic E-state index is 12.4. The number of amides is 2. The van der Waals surface area contributed by atoms with E-state index in [-0.39, 0.29) is 24.5 Å². The third-order valence-corrected chi connectivity index (χ3v) is 5.25. The highest BCUT2D eigenvalue weighted by Gasteiger charge is 2.23. The Labute approximate surface area is 155 Å². The zero-order chi connectivity index (χ0) is 17.8. The van der Waals surface area contributed by atoms with E-state index in [4.69, 9.17) is 4.74 Å². The van der Waals surface area contributed by atoms with Crippen LogP contribution in [0.1, 0.15) is 19.8 Å². The number of halogens is 1. The highest BCUT2D eigenvalue weighted by atomic mass is 79.9. The molecule has 2 amide bonds. The SMILES string of the molecule is CC(=O)NC1CCN(C(=O)COc2ccc3ccccc3c2Br)CC1. The van der Waals surface area contributed by atoms with Gasteiger partial charge in [0.15, 0.2) is 6.61 Å². The molecule has 0 atom stereocenters. The summed E-state index contributed by atoms with van der Waals surface area (Å²) < 4.78 is 6.61. The van der Waals surface area contributed by atoms with Crippen LogP contribution in [-0.4, -0.2) is 42.5 Å². The summed E-state index contributed by atoms with van der Waals surface area (Å²) in [6.07, 6.45) is 1.57. The van der Waals surface area contributed by atoms with E-state index in [1.165, 1.54) is 6.92 Å². The van der Waals surface area contributed by atoms with Gasteiger partial charge in [-0.3, -0.25) is 9.59 Å². The van der Waals surface area contributed by atoms with Crippen LogP contribution in [0.25, 0.3) is 10.8 Å². The summed E-state index contributed by atoms with van der Waals surface area (Å²) in [5, 5.41) is 5.09. The fourth-order valence-corrected chi connectivity index (χ4v) is 3.72. The van der Waals surface area contributed by atoms with Crippen LogP contribution in [0.5, 0.6) is 5.75 Å². The zero-order valence-electron chi connectivity index (χ0n) is 14.1. The van der Waals surface area contributed by atoms with Gasteiger partial charge in [0, 0.05) is 26.1 Å². The van der Waals surface area contributed by atoms with E-state index in [0.717, 1.165) is 28.1 Å². The molecule has 1 aliphatic heterocycles. The predicted octanol–water partition coefficient (Wildman–Crippen LogP) is 3.11. The summed E-state index contributed by atoms with van der Waals surface area (Å²) in [4.78, 5) is 25.3. The van der Waals surface area contributed by atoms with Gasteiger partial charge in [-0.15, -0.1) is 0 Å². The van der Waals surface area contributed by atoms with Crippen molar-refractivity contribution < 1.29 is 14.3 Å². The first-order chi connectivity index (χ1) is 12.0. The van der Waals surface area contributed by atoms with Crippen LogP contribution in [0, 0.1) is 0 Å². The molecule has 0 saturated carbocycles. The molecule has 1 saturated heterocycles. The lowest BCUT2D eigenvalue weighted by molar-refractivity contribution is -0.134. The first-order valence-electron chi connectivity index (χ1n) is 8.39. The molecule has 1 fully saturated rings. The van der Waals surface area contributed by atoms with Crippen LogP contribution in [0.2, 0.25) is 0 Å². The average Bonchev–Trinajstić information content (AvgIpc) is 2.61. The van der Waals surface area contributed by atoms with Crippen molar-refractivity contribution in [1.29, 1.82) is 0 Å². The van der Waals surface area contributed by atoms with Gasteiger partial charge in [0.2, 0.25) is 5.91 Å². The van der Waals surface area contributed by atoms with Crippen molar-refractivity contribution in [2.24, 2.45) is 0 Å². The Hall–Kier alpha value is -2.08. The number of hydrogen-bond donors (Lipinski definition) is 1. The molecule has 3 rings (SSSR count). The molecule has 132 valence electrons. The second-order valence-electron chi connectivity index (χ2n) is 6.24. The molecule has 6 heteroatoms. The van der Waals surface area contributed by atoms with Crippen LogP contribution in [0.4, 0.5) is 0 Å². The van der Waals surface area contributed by atoms with Crippen LogP contribution in [0.3, 0.4) is 0 Å². The molecule has 1 heterocycles. The van der Waals surface area contributed by atoms with Gasteiger partial charge in [-0.1, -0.05) is 30.3 Å². The largest absolute Gasteiger partial charge is 0.483 e. The molecule has 1 N–H and O–H groups in total. The van der Waals surface area contributed by atoms with Crippen molar-refractivity contribution in [3.63, 3.8) is 0 Å². The molecular weight excluding hydrogens is 384 g/mol. The van der Waals surface area contributed by atoms with Gasteiger partial charge in [-0.25, -0.2) is 0 Å². The minimum atomic E-state index is -0.0265. The maximum atomic E-state index is 12.4. The Bertz CT molecular complexity index is 785. The molecule has 0 radical (unpaired) electrons. The normalized spacial score (nSPS) is 15.2. The Kier molecular flexibility index (Phi) is 5.58. The third kappa shape index (κ3) is 4.31. The van der Waals surface area contributed by atoms with E-state index >= 15 is 0 Å². The number of piperidine rings is 1. The van der Waals surface area contributed by atoms with Crippen molar-refractivity contribution in [2.45, 2.75) is 25.8 Å². The number of ether oxygens (including phenoxy) is 1. The quantitative estimate of drug-likeness (QED) is 0.851. The second kappa shape index (κ2) is 7.87. The van der Waals surface area contributed by atoms with Crippen molar-refractivity contribution in [3.05, 3.63) is 40.9 Å². The van der Waals surface area contributed by atoms with Crippen LogP contribution >= 0.6 is 15.9 Å². The summed E-state index contributed by atoms with van der Waals surface area (Å²) in [6, 6.07) is 12.0. The molecule has 2 aromatic rings. The van der Waals surface area contributed by atoms with Gasteiger partial charge < -0.3 is 15.0 Å². The number of nitrogens with one attached hydrogen (secondary N) is 1. The van der Waals surface area contributed by atoms with Crippen LogP contribution in [0.15, 0.2) is 40.9 Å². The van der Waals surface area contributed by atoms with Gasteiger partial charge >= 0.3 is 0 Å². The van der Waals surface area contributed by atoms with E-state index in [2.05, 4.69) is 21.2 Å². The van der Waals surface area contributed by atoms with E-state index in [1.54, 1.807) is 4.90 Å². The van der Waals surface area contributed by atoms with E-state index in [1.807, 2.05) is 36.4 Å². The number of rotatable bonds is 4. The molecule has 1 aliphatic rings. The van der Waals surface area contributed by atoms with E-state index in [9.17, 15) is 9.59 Å². The molecule has 2 aromatic carbocycles. The van der Waals surface area contributed by atoms with Gasteiger partial charge in [0.25, 0.3) is 5.91 Å². The monoisotopic (exact) mass is 404 g/mol. The molecule has 0 spiro atoms. The number of carbonyl (C=O) groups excluding carboxylic acids is 2. The molecule has 0 aliphatic carbocycles. The Morgan fingerprint density at radius 1 is 1.20 bits per heavy atom. The topological polar surface area (TPSA) is 58.6 Å². The highest BCUT2D eigenvalue weighted by Crippen LogP contribution is 2.33. The molecule has 0 aromatic heterocycles. The summed E-state index contributed by atoms with van der Waals surface area (Å²) in [5.41, 5.74) is 0. The number of hydrogen-bond acceptors (Lipinski definition) is 3. The molecule has 0 unspecified atom stereocenters. The van der Waals surface area contributed by atoms with Crippen molar-refractivity contribution >= 4 is 38.5 Å². The van der Waals surface area contributed by atoms with Crippen molar-refractivity contribution in [3.8, 4) is 5.75 Å². The summed E-state index contributed by atoms with van der Waals surface area (Å²) in [5.74, 6) is 0.621. The summed E-state index contributed by atoms with van der Waals surface area (Å²) in [6.45, 7) is 2.83. The summed E-state index contributed by atoms with van der Waals surface area (Å²) in [7, 11) is 0. The molecule has 0 bridgehead atoms. The number of carbonyl (C=O) groups is 2. The molecule has 25 heavy (non-hydrogen) atoms. The number of fused-ring (bicyclic) bond motifs is 1. The number of benzene rings is 2. The highest BCUT2D eigenvalue weighted by molar-refractivity contribution is 9.10. The van der Waals surface area contributed by atoms with Crippen molar-refractivity contribution in [2.75, 3.05) is 19.7 Å². The standard InChI is InChI=1S/C19H21BrN2O3/c1-13(23)21-15-8-10-22(11-9-15)18(24)12-25-17-7-6-14-4-2-3-5-16(14)19(17)20/h2-7,15H,8-12H2,1H3,(H,21,23). The minimum absolute atomic E-state index is 0.0156. The number of likely N-dealkylation sites (tertiary alicyclic amines) is 1. The fourth-order valence-electron chi connectivity index (χ4n) is 3.12. The Morgan fingerprint density at radius 3 is 2.64 bits per heavy atom. The Morgan fingerprint density at radius 2 is 1.92 bits per heavy atom. The molecular formula is C19H21BrN2O3. The smallest absolute Gasteiger partial charge is 0.260 e. The third-order valence-electron chi connectivity index (χ3n) is 4.43. The maximum Gasteiger partial charge on any atom is 0.260 e. The van der Waals surface area contributed by atoms with E-state index in [0.29, 0.717) is 18.8 Å². The lowest BCUT2D eigenvalue weighted by Crippen LogP contribution is -2.47. The van der Waals surface area contributed by atoms with Gasteiger partial charge in [0.1, 0.15) is 5.75 Å². The predicted molar refractivity (Wildman–Crippen MR) is 101 cm³/mol. The lowest BCUT2D eigenvalue weighted by Gasteiger charge is -2.32.